The molecule has 1 heterocycles. The lowest BCUT2D eigenvalue weighted by Gasteiger charge is -2.23. The van der Waals surface area contributed by atoms with Crippen LogP contribution in [0, 0.1) is 0 Å². The monoisotopic (exact) mass is 223 g/mol. The highest BCUT2D eigenvalue weighted by Gasteiger charge is 2.13. The number of hydrogen-bond donors (Lipinski definition) is 2. The van der Waals surface area contributed by atoms with Crippen molar-refractivity contribution in [3.8, 4) is 0 Å². The van der Waals surface area contributed by atoms with Gasteiger partial charge in [0.05, 0.1) is 0 Å². The SMILES string of the molecule is Cn1c(=O)cc(NC2CCCCC2)[nH]c1=O. The molecule has 0 amide bonds. The number of rotatable bonds is 2. The Morgan fingerprint density at radius 2 is 2.00 bits per heavy atom. The molecule has 2 N–H and O–H groups in total. The Hall–Kier alpha value is -1.52. The summed E-state index contributed by atoms with van der Waals surface area (Å²) in [6, 6.07) is 1.83. The van der Waals surface area contributed by atoms with Crippen LogP contribution in [0.4, 0.5) is 5.82 Å². The van der Waals surface area contributed by atoms with Gasteiger partial charge in [-0.2, -0.15) is 0 Å². The molecule has 0 radical (unpaired) electrons. The second-order valence-electron chi connectivity index (χ2n) is 4.36. The maximum atomic E-state index is 11.4. The molecule has 0 aliphatic heterocycles. The minimum Gasteiger partial charge on any atom is -0.369 e. The predicted octanol–water partition coefficient (Wildman–Crippen LogP) is 0.818. The van der Waals surface area contributed by atoms with Gasteiger partial charge < -0.3 is 5.32 Å². The van der Waals surface area contributed by atoms with Gasteiger partial charge in [0.1, 0.15) is 5.82 Å². The molecule has 88 valence electrons. The molecular formula is C11H17N3O2. The minimum absolute atomic E-state index is 0.276. The van der Waals surface area contributed by atoms with Gasteiger partial charge in [0.15, 0.2) is 0 Å². The average molecular weight is 223 g/mol. The molecule has 5 nitrogen and oxygen atoms in total. The van der Waals surface area contributed by atoms with E-state index in [2.05, 4.69) is 10.3 Å². The standard InChI is InChI=1S/C11H17N3O2/c1-14-10(15)7-9(13-11(14)16)12-8-5-3-2-4-6-8/h7-8,12H,2-6H2,1H3,(H,13,16). The predicted molar refractivity (Wildman–Crippen MR) is 62.8 cm³/mol. The van der Waals surface area contributed by atoms with Crippen LogP contribution in [0.1, 0.15) is 32.1 Å². The second-order valence-corrected chi connectivity index (χ2v) is 4.36. The lowest BCUT2D eigenvalue weighted by molar-refractivity contribution is 0.461. The van der Waals surface area contributed by atoms with Crippen molar-refractivity contribution in [1.29, 1.82) is 0 Å². The summed E-state index contributed by atoms with van der Waals surface area (Å²) in [5.74, 6) is 0.542. The molecule has 1 aliphatic rings. The van der Waals surface area contributed by atoms with E-state index in [9.17, 15) is 9.59 Å². The van der Waals surface area contributed by atoms with Crippen molar-refractivity contribution in [2.75, 3.05) is 5.32 Å². The van der Waals surface area contributed by atoms with Gasteiger partial charge in [0.25, 0.3) is 5.56 Å². The summed E-state index contributed by atoms with van der Waals surface area (Å²) in [7, 11) is 1.46. The van der Waals surface area contributed by atoms with Crippen LogP contribution in [0.3, 0.4) is 0 Å². The van der Waals surface area contributed by atoms with E-state index < -0.39 is 0 Å². The van der Waals surface area contributed by atoms with Gasteiger partial charge in [0, 0.05) is 19.2 Å². The molecule has 0 saturated heterocycles. The Bertz CT molecular complexity index is 438. The first-order chi connectivity index (χ1) is 7.66. The molecule has 0 atom stereocenters. The highest BCUT2D eigenvalue weighted by molar-refractivity contribution is 5.33. The number of nitrogens with one attached hydrogen (secondary N) is 2. The maximum Gasteiger partial charge on any atom is 0.329 e. The first kappa shape index (κ1) is 11.0. The van der Waals surface area contributed by atoms with Crippen molar-refractivity contribution in [2.24, 2.45) is 7.05 Å². The summed E-state index contributed by atoms with van der Waals surface area (Å²) in [6.07, 6.45) is 5.93. The zero-order valence-electron chi connectivity index (χ0n) is 9.45. The fraction of sp³-hybridized carbons (Fsp3) is 0.636. The maximum absolute atomic E-state index is 11.4. The van der Waals surface area contributed by atoms with E-state index in [1.54, 1.807) is 0 Å². The van der Waals surface area contributed by atoms with E-state index in [4.69, 9.17) is 0 Å². The van der Waals surface area contributed by atoms with Gasteiger partial charge in [0.2, 0.25) is 0 Å². The number of hydrogen-bond acceptors (Lipinski definition) is 3. The van der Waals surface area contributed by atoms with E-state index in [1.165, 1.54) is 32.4 Å². The van der Waals surface area contributed by atoms with Crippen LogP contribution in [0.25, 0.3) is 0 Å². The van der Waals surface area contributed by atoms with Gasteiger partial charge in [-0.05, 0) is 12.8 Å². The third-order valence-electron chi connectivity index (χ3n) is 3.11. The summed E-state index contributed by atoms with van der Waals surface area (Å²) in [6.45, 7) is 0. The molecule has 1 fully saturated rings. The second kappa shape index (κ2) is 4.55. The molecule has 1 aromatic heterocycles. The van der Waals surface area contributed by atoms with Crippen LogP contribution >= 0.6 is 0 Å². The smallest absolute Gasteiger partial charge is 0.329 e. The molecule has 1 aromatic rings. The Morgan fingerprint density at radius 3 is 2.62 bits per heavy atom. The van der Waals surface area contributed by atoms with Crippen molar-refractivity contribution in [1.82, 2.24) is 9.55 Å². The van der Waals surface area contributed by atoms with Gasteiger partial charge in [-0.25, -0.2) is 4.79 Å². The summed E-state index contributed by atoms with van der Waals surface area (Å²) in [5, 5.41) is 3.22. The van der Waals surface area contributed by atoms with Crippen LogP contribution in [0.15, 0.2) is 15.7 Å². The Kier molecular flexibility index (Phi) is 3.12. The largest absolute Gasteiger partial charge is 0.369 e. The van der Waals surface area contributed by atoms with E-state index in [-0.39, 0.29) is 11.2 Å². The van der Waals surface area contributed by atoms with Gasteiger partial charge >= 0.3 is 5.69 Å². The van der Waals surface area contributed by atoms with Crippen molar-refractivity contribution in [3.05, 3.63) is 26.9 Å². The molecule has 2 rings (SSSR count). The van der Waals surface area contributed by atoms with Crippen LogP contribution in [-0.2, 0) is 7.05 Å². The fourth-order valence-electron chi connectivity index (χ4n) is 2.10. The molecule has 0 aromatic carbocycles. The van der Waals surface area contributed by atoms with Gasteiger partial charge in [-0.15, -0.1) is 0 Å². The number of H-pyrrole nitrogens is 1. The molecule has 16 heavy (non-hydrogen) atoms. The van der Waals surface area contributed by atoms with Gasteiger partial charge in [-0.1, -0.05) is 19.3 Å². The summed E-state index contributed by atoms with van der Waals surface area (Å²) < 4.78 is 1.06. The Balaban J connectivity index is 2.15. The van der Waals surface area contributed by atoms with E-state index in [0.29, 0.717) is 11.9 Å². The molecule has 1 aliphatic carbocycles. The van der Waals surface area contributed by atoms with Crippen molar-refractivity contribution >= 4 is 5.82 Å². The van der Waals surface area contributed by atoms with Crippen LogP contribution in [0.5, 0.6) is 0 Å². The summed E-state index contributed by atoms with van der Waals surface area (Å²) in [5.41, 5.74) is -0.645. The summed E-state index contributed by atoms with van der Waals surface area (Å²) >= 11 is 0. The minimum atomic E-state index is -0.370. The number of nitrogens with zero attached hydrogens (tertiary/aromatic N) is 1. The Labute approximate surface area is 93.5 Å². The molecule has 0 bridgehead atoms. The molecule has 1 saturated carbocycles. The first-order valence-corrected chi connectivity index (χ1v) is 5.74. The molecule has 5 heteroatoms. The van der Waals surface area contributed by atoms with Crippen LogP contribution in [0.2, 0.25) is 0 Å². The quantitative estimate of drug-likeness (QED) is 0.780. The van der Waals surface area contributed by atoms with Crippen molar-refractivity contribution in [3.63, 3.8) is 0 Å². The number of aromatic nitrogens is 2. The number of aromatic amines is 1. The molecule has 0 unspecified atom stereocenters. The highest BCUT2D eigenvalue weighted by atomic mass is 16.2. The Morgan fingerprint density at radius 1 is 1.31 bits per heavy atom. The lowest BCUT2D eigenvalue weighted by Crippen LogP contribution is -2.34. The summed E-state index contributed by atoms with van der Waals surface area (Å²) in [4.78, 5) is 25.4. The normalized spacial score (nSPS) is 17.3. The zero-order chi connectivity index (χ0) is 11.5. The van der Waals surface area contributed by atoms with Crippen LogP contribution in [-0.4, -0.2) is 15.6 Å². The third kappa shape index (κ3) is 2.35. The van der Waals surface area contributed by atoms with E-state index >= 15 is 0 Å². The average Bonchev–Trinajstić information content (AvgIpc) is 2.27. The third-order valence-corrected chi connectivity index (χ3v) is 3.11. The fourth-order valence-corrected chi connectivity index (χ4v) is 2.10. The van der Waals surface area contributed by atoms with E-state index in [0.717, 1.165) is 17.4 Å². The van der Waals surface area contributed by atoms with Crippen LogP contribution < -0.4 is 16.6 Å². The molecular weight excluding hydrogens is 206 g/mol. The van der Waals surface area contributed by atoms with Gasteiger partial charge in [-0.3, -0.25) is 14.3 Å². The highest BCUT2D eigenvalue weighted by Crippen LogP contribution is 2.19. The zero-order valence-corrected chi connectivity index (χ0v) is 9.45. The topological polar surface area (TPSA) is 66.9 Å². The molecule has 0 spiro atoms. The van der Waals surface area contributed by atoms with Crippen molar-refractivity contribution < 1.29 is 0 Å². The lowest BCUT2D eigenvalue weighted by atomic mass is 9.95. The number of anilines is 1. The first-order valence-electron chi connectivity index (χ1n) is 5.74. The van der Waals surface area contributed by atoms with E-state index in [1.807, 2.05) is 0 Å². The van der Waals surface area contributed by atoms with Crippen molar-refractivity contribution in [2.45, 2.75) is 38.1 Å².